The molecule has 8 heteroatoms. The molecule has 2 unspecified atom stereocenters. The molecule has 1 heterocycles. The molecule has 54 heavy (non-hydrogen) atoms. The summed E-state index contributed by atoms with van der Waals surface area (Å²) in [5, 5.41) is 14.8. The number of benzene rings is 3. The number of unbranched alkanes of at least 4 members (excludes halogenated alkanes) is 2. The third-order valence-electron chi connectivity index (χ3n) is 11.5. The Labute approximate surface area is 325 Å². The van der Waals surface area contributed by atoms with Gasteiger partial charge in [0.05, 0.1) is 59.2 Å². The minimum absolute atomic E-state index is 0.0841. The first-order valence-corrected chi connectivity index (χ1v) is 20.1. The van der Waals surface area contributed by atoms with Crippen LogP contribution in [0.1, 0.15) is 121 Å². The lowest BCUT2D eigenvalue weighted by molar-refractivity contribution is 0.240. The van der Waals surface area contributed by atoms with Gasteiger partial charge < -0.3 is 33.7 Å². The summed E-state index contributed by atoms with van der Waals surface area (Å²) in [7, 11) is 6.64. The van der Waals surface area contributed by atoms with Crippen molar-refractivity contribution >= 4 is 0 Å². The van der Waals surface area contributed by atoms with Crippen molar-refractivity contribution in [2.45, 2.75) is 117 Å². The van der Waals surface area contributed by atoms with E-state index >= 15 is 0 Å². The zero-order valence-corrected chi connectivity index (χ0v) is 34.7. The second-order valence-electron chi connectivity index (χ2n) is 15.5. The molecule has 0 amide bonds. The quantitative estimate of drug-likeness (QED) is 0.102. The van der Waals surface area contributed by atoms with Crippen molar-refractivity contribution in [2.24, 2.45) is 17.8 Å². The van der Waals surface area contributed by atoms with Crippen LogP contribution in [0.3, 0.4) is 0 Å². The van der Waals surface area contributed by atoms with Crippen molar-refractivity contribution in [3.05, 3.63) is 70.8 Å². The zero-order valence-electron chi connectivity index (χ0n) is 34.7. The Bertz CT molecular complexity index is 1650. The van der Waals surface area contributed by atoms with Crippen molar-refractivity contribution in [1.29, 1.82) is 5.26 Å². The molecule has 0 bridgehead atoms. The van der Waals surface area contributed by atoms with E-state index in [1.54, 1.807) is 28.4 Å². The van der Waals surface area contributed by atoms with E-state index in [0.29, 0.717) is 54.5 Å². The van der Waals surface area contributed by atoms with Crippen molar-refractivity contribution < 1.29 is 28.4 Å². The molecule has 1 N–H and O–H groups in total. The number of rotatable bonds is 22. The molecule has 3 aromatic rings. The van der Waals surface area contributed by atoms with Crippen molar-refractivity contribution in [1.82, 2.24) is 5.32 Å². The summed E-state index contributed by atoms with van der Waals surface area (Å²) >= 11 is 0. The third kappa shape index (κ3) is 9.76. The number of nitriles is 1. The molecule has 3 aromatic carbocycles. The van der Waals surface area contributed by atoms with E-state index in [0.717, 1.165) is 85.1 Å². The van der Waals surface area contributed by atoms with Crippen LogP contribution in [-0.2, 0) is 11.8 Å². The van der Waals surface area contributed by atoms with Crippen LogP contribution in [0, 0.1) is 29.1 Å². The molecule has 296 valence electrons. The lowest BCUT2D eigenvalue weighted by Crippen LogP contribution is -2.41. The zero-order chi connectivity index (χ0) is 39.3. The Morgan fingerprint density at radius 2 is 1.44 bits per heavy atom. The van der Waals surface area contributed by atoms with E-state index < -0.39 is 5.41 Å². The van der Waals surface area contributed by atoms with Gasteiger partial charge >= 0.3 is 0 Å². The minimum Gasteiger partial charge on any atom is -0.493 e. The maximum absolute atomic E-state index is 10.8. The van der Waals surface area contributed by atoms with Gasteiger partial charge in [-0.25, -0.2) is 0 Å². The maximum atomic E-state index is 10.8. The molecule has 0 spiro atoms. The molecule has 0 fully saturated rings. The fraction of sp³-hybridized carbons (Fsp3) is 0.587. The lowest BCUT2D eigenvalue weighted by atomic mass is 9.69. The molecule has 0 aromatic heterocycles. The second-order valence-corrected chi connectivity index (χ2v) is 15.5. The van der Waals surface area contributed by atoms with Crippen LogP contribution in [0.15, 0.2) is 48.5 Å². The maximum Gasteiger partial charge on any atom is 0.207 e. The highest BCUT2D eigenvalue weighted by molar-refractivity contribution is 5.69. The fourth-order valence-electron chi connectivity index (χ4n) is 7.81. The normalized spacial score (nSPS) is 16.9. The summed E-state index contributed by atoms with van der Waals surface area (Å²) in [4.78, 5) is 0. The number of hydrogen-bond donors (Lipinski definition) is 1. The second kappa shape index (κ2) is 20.6. The Kier molecular flexibility index (Phi) is 16.2. The number of fused-ring (bicyclic) bond motifs is 1. The van der Waals surface area contributed by atoms with Crippen LogP contribution in [0.2, 0.25) is 0 Å². The standard InChI is InChI=1S/C46H66N2O6/c1-11-12-16-26-53-42-37-29-36(22-17-25-46(30-47,32(4)5)35-23-24-38(49-7)39(28-35)50-8)48-41(34-20-14-13-15-21-34)40(37)43(45(52-10)44(42)51-9)54-27-18-19-33(6)31(2)3/h13-15,20-21,23-24,28,31-33,36,41,48H,11-12,16-19,22,25-27,29H2,1-10H3/t33-,36+,41?,46?/m0/s1. The number of ether oxygens (including phenoxy) is 6. The van der Waals surface area contributed by atoms with Crippen molar-refractivity contribution in [3.8, 4) is 40.6 Å². The molecule has 0 saturated heterocycles. The van der Waals surface area contributed by atoms with Gasteiger partial charge in [0.1, 0.15) is 0 Å². The molecule has 0 saturated carbocycles. The highest BCUT2D eigenvalue weighted by atomic mass is 16.5. The lowest BCUT2D eigenvalue weighted by Gasteiger charge is -2.38. The first-order valence-electron chi connectivity index (χ1n) is 20.1. The molecule has 8 nitrogen and oxygen atoms in total. The number of methoxy groups -OCH3 is 4. The monoisotopic (exact) mass is 742 g/mol. The predicted molar refractivity (Wildman–Crippen MR) is 218 cm³/mol. The van der Waals surface area contributed by atoms with E-state index in [-0.39, 0.29) is 18.0 Å². The smallest absolute Gasteiger partial charge is 0.207 e. The summed E-state index contributed by atoms with van der Waals surface area (Å²) in [6.07, 6.45) is 8.30. The van der Waals surface area contributed by atoms with Gasteiger partial charge in [-0.1, -0.05) is 90.8 Å². The Morgan fingerprint density at radius 1 is 0.778 bits per heavy atom. The molecule has 4 atom stereocenters. The summed E-state index contributed by atoms with van der Waals surface area (Å²) in [6, 6.07) is 19.1. The van der Waals surface area contributed by atoms with Crippen LogP contribution in [0.5, 0.6) is 34.5 Å². The van der Waals surface area contributed by atoms with Crippen molar-refractivity contribution in [3.63, 3.8) is 0 Å². The molecule has 1 aliphatic heterocycles. The molecule has 1 aliphatic rings. The topological polar surface area (TPSA) is 91.2 Å². The Morgan fingerprint density at radius 3 is 2.06 bits per heavy atom. The van der Waals surface area contributed by atoms with E-state index in [4.69, 9.17) is 28.4 Å². The molecule has 0 aliphatic carbocycles. The van der Waals surface area contributed by atoms with Crippen LogP contribution in [0.25, 0.3) is 0 Å². The molecular weight excluding hydrogens is 677 g/mol. The van der Waals surface area contributed by atoms with E-state index in [2.05, 4.69) is 83.3 Å². The van der Waals surface area contributed by atoms with Gasteiger partial charge in [-0.05, 0) is 86.0 Å². The average molecular weight is 743 g/mol. The number of nitrogens with zero attached hydrogens (tertiary/aromatic N) is 1. The van der Waals surface area contributed by atoms with Gasteiger partial charge in [0.15, 0.2) is 23.0 Å². The van der Waals surface area contributed by atoms with Crippen LogP contribution >= 0.6 is 0 Å². The van der Waals surface area contributed by atoms with Gasteiger partial charge in [0.2, 0.25) is 11.5 Å². The minimum atomic E-state index is -0.691. The molecular formula is C46H66N2O6. The van der Waals surface area contributed by atoms with Crippen LogP contribution < -0.4 is 33.7 Å². The largest absolute Gasteiger partial charge is 0.493 e. The van der Waals surface area contributed by atoms with Crippen molar-refractivity contribution in [2.75, 3.05) is 41.7 Å². The van der Waals surface area contributed by atoms with Gasteiger partial charge in [0.25, 0.3) is 0 Å². The van der Waals surface area contributed by atoms with E-state index in [1.165, 1.54) is 0 Å². The number of hydrogen-bond acceptors (Lipinski definition) is 8. The Balaban J connectivity index is 1.76. The van der Waals surface area contributed by atoms with Gasteiger partial charge in [-0.3, -0.25) is 0 Å². The van der Waals surface area contributed by atoms with Crippen LogP contribution in [-0.4, -0.2) is 47.7 Å². The predicted octanol–water partition coefficient (Wildman–Crippen LogP) is 10.6. The van der Waals surface area contributed by atoms with Crippen LogP contribution in [0.4, 0.5) is 0 Å². The summed E-state index contributed by atoms with van der Waals surface area (Å²) in [5.41, 5.74) is 3.55. The third-order valence-corrected chi connectivity index (χ3v) is 11.5. The molecule has 4 rings (SSSR count). The average Bonchev–Trinajstić information content (AvgIpc) is 3.19. The van der Waals surface area contributed by atoms with E-state index in [1.807, 2.05) is 18.2 Å². The van der Waals surface area contributed by atoms with E-state index in [9.17, 15) is 5.26 Å². The van der Waals surface area contributed by atoms with Gasteiger partial charge in [-0.15, -0.1) is 0 Å². The highest BCUT2D eigenvalue weighted by Gasteiger charge is 2.40. The summed E-state index contributed by atoms with van der Waals surface area (Å²) < 4.78 is 36.9. The highest BCUT2D eigenvalue weighted by Crippen LogP contribution is 2.54. The molecule has 0 radical (unpaired) electrons. The van der Waals surface area contributed by atoms with Gasteiger partial charge in [-0.2, -0.15) is 5.26 Å². The summed E-state index contributed by atoms with van der Waals surface area (Å²) in [6.45, 7) is 14.5. The first-order chi connectivity index (χ1) is 26.1. The fourth-order valence-corrected chi connectivity index (χ4v) is 7.81. The van der Waals surface area contributed by atoms with Gasteiger partial charge in [0, 0.05) is 17.2 Å². The SMILES string of the molecule is CCCCCOc1c2c(c(OCCC[C@H](C)C(C)C)c(OC)c1OC)C(c1ccccc1)N[C@H](CCCC(C#N)(c1ccc(OC)c(OC)c1)C(C)C)C2. The number of nitrogens with one attached hydrogen (secondary N) is 1. The first kappa shape index (κ1) is 42.6. The summed E-state index contributed by atoms with van der Waals surface area (Å²) in [5.74, 6) is 5.23. The Hall–Kier alpha value is -4.09.